The van der Waals surface area contributed by atoms with Gasteiger partial charge in [-0.15, -0.1) is 0 Å². The molecule has 0 radical (unpaired) electrons. The van der Waals surface area contributed by atoms with Crippen molar-refractivity contribution in [1.82, 2.24) is 4.98 Å². The van der Waals surface area contributed by atoms with Gasteiger partial charge in [0.2, 0.25) is 0 Å². The number of pyridine rings is 1. The van der Waals surface area contributed by atoms with Crippen LogP contribution in [0.15, 0.2) is 12.1 Å². The summed E-state index contributed by atoms with van der Waals surface area (Å²) in [7, 11) is 3.27. The first-order chi connectivity index (χ1) is 8.08. The summed E-state index contributed by atoms with van der Waals surface area (Å²) in [5.74, 6) is 0.283. The summed E-state index contributed by atoms with van der Waals surface area (Å²) in [5.41, 5.74) is 0.422. The Kier molecular flexibility index (Phi) is 5.22. The van der Waals surface area contributed by atoms with Crippen molar-refractivity contribution in [1.29, 1.82) is 0 Å². The quantitative estimate of drug-likeness (QED) is 0.600. The number of rotatable bonds is 5. The molecule has 5 heteroatoms. The van der Waals surface area contributed by atoms with Gasteiger partial charge in [-0.1, -0.05) is 24.9 Å². The summed E-state index contributed by atoms with van der Waals surface area (Å²) in [5, 5.41) is 0.297. The smallest absolute Gasteiger partial charge is 0.338 e. The molecule has 0 atom stereocenters. The van der Waals surface area contributed by atoms with E-state index in [1.165, 1.54) is 13.2 Å². The number of ether oxygens (including phenoxy) is 1. The SMILES string of the molecule is CCCCN(C)c1cc(C(=O)OC)cc(Cl)n1. The van der Waals surface area contributed by atoms with E-state index in [0.717, 1.165) is 19.4 Å². The Morgan fingerprint density at radius 3 is 2.82 bits per heavy atom. The van der Waals surface area contributed by atoms with Gasteiger partial charge in [0, 0.05) is 13.6 Å². The molecule has 0 unspecified atom stereocenters. The highest BCUT2D eigenvalue weighted by molar-refractivity contribution is 6.29. The number of anilines is 1. The lowest BCUT2D eigenvalue weighted by Crippen LogP contribution is -2.20. The summed E-state index contributed by atoms with van der Waals surface area (Å²) in [6.45, 7) is 3.00. The normalized spacial score (nSPS) is 10.1. The second kappa shape index (κ2) is 6.45. The first kappa shape index (κ1) is 13.8. The molecule has 0 aromatic carbocycles. The summed E-state index contributed by atoms with van der Waals surface area (Å²) in [6, 6.07) is 3.19. The molecule has 1 heterocycles. The first-order valence-electron chi connectivity index (χ1n) is 5.55. The van der Waals surface area contributed by atoms with Gasteiger partial charge in [0.25, 0.3) is 0 Å². The van der Waals surface area contributed by atoms with Crippen LogP contribution in [0.2, 0.25) is 5.15 Å². The van der Waals surface area contributed by atoms with Gasteiger partial charge in [0.05, 0.1) is 12.7 Å². The maximum atomic E-state index is 11.4. The van der Waals surface area contributed by atoms with Crippen LogP contribution in [0.4, 0.5) is 5.82 Å². The molecular weight excluding hydrogens is 240 g/mol. The second-order valence-electron chi connectivity index (χ2n) is 3.80. The third-order valence-corrected chi connectivity index (χ3v) is 2.63. The van der Waals surface area contributed by atoms with E-state index in [1.54, 1.807) is 6.07 Å². The number of unbranched alkanes of at least 4 members (excludes halogenated alkanes) is 1. The third-order valence-electron chi connectivity index (χ3n) is 2.44. The monoisotopic (exact) mass is 256 g/mol. The van der Waals surface area contributed by atoms with Gasteiger partial charge in [0.1, 0.15) is 11.0 Å². The molecule has 0 fully saturated rings. The maximum absolute atomic E-state index is 11.4. The predicted octanol–water partition coefficient (Wildman–Crippen LogP) is 2.76. The van der Waals surface area contributed by atoms with Gasteiger partial charge in [-0.25, -0.2) is 9.78 Å². The molecule has 17 heavy (non-hydrogen) atoms. The molecule has 0 saturated carbocycles. The van der Waals surface area contributed by atoms with Crippen molar-refractivity contribution in [2.24, 2.45) is 0 Å². The van der Waals surface area contributed by atoms with E-state index in [1.807, 2.05) is 11.9 Å². The molecule has 0 aliphatic heterocycles. The van der Waals surface area contributed by atoms with Gasteiger partial charge < -0.3 is 9.64 Å². The van der Waals surface area contributed by atoms with Crippen molar-refractivity contribution in [3.05, 3.63) is 22.8 Å². The highest BCUT2D eigenvalue weighted by Crippen LogP contribution is 2.18. The minimum atomic E-state index is -0.403. The first-order valence-corrected chi connectivity index (χ1v) is 5.93. The number of methoxy groups -OCH3 is 1. The molecule has 4 nitrogen and oxygen atoms in total. The van der Waals surface area contributed by atoms with Crippen LogP contribution >= 0.6 is 11.6 Å². The van der Waals surface area contributed by atoms with Crippen molar-refractivity contribution < 1.29 is 9.53 Å². The highest BCUT2D eigenvalue weighted by atomic mass is 35.5. The molecule has 0 spiro atoms. The predicted molar refractivity (Wildman–Crippen MR) is 68.8 cm³/mol. The molecule has 0 bridgehead atoms. The van der Waals surface area contributed by atoms with Crippen molar-refractivity contribution >= 4 is 23.4 Å². The molecule has 1 aromatic rings. The Balaban J connectivity index is 2.92. The molecule has 0 N–H and O–H groups in total. The molecule has 0 aliphatic rings. The molecule has 94 valence electrons. The van der Waals surface area contributed by atoms with Gasteiger partial charge >= 0.3 is 5.97 Å². The van der Waals surface area contributed by atoms with E-state index in [9.17, 15) is 4.79 Å². The van der Waals surface area contributed by atoms with Crippen LogP contribution in [0.5, 0.6) is 0 Å². The number of aromatic nitrogens is 1. The number of esters is 1. The van der Waals surface area contributed by atoms with Gasteiger partial charge in [-0.05, 0) is 18.6 Å². The Labute approximate surface area is 107 Å². The molecular formula is C12H17ClN2O2. The summed E-state index contributed by atoms with van der Waals surface area (Å²) >= 11 is 5.88. The number of hydrogen-bond donors (Lipinski definition) is 0. The minimum absolute atomic E-state index is 0.297. The topological polar surface area (TPSA) is 42.4 Å². The largest absolute Gasteiger partial charge is 0.465 e. The standard InChI is InChI=1S/C12H17ClN2O2/c1-4-5-6-15(2)11-8-9(12(16)17-3)7-10(13)14-11/h7-8H,4-6H2,1-3H3. The van der Waals surface area contributed by atoms with Crippen LogP contribution in [-0.2, 0) is 4.74 Å². The number of carbonyl (C=O) groups is 1. The molecule has 0 saturated heterocycles. The van der Waals surface area contributed by atoms with E-state index >= 15 is 0 Å². The van der Waals surface area contributed by atoms with E-state index < -0.39 is 5.97 Å². The van der Waals surface area contributed by atoms with Crippen LogP contribution < -0.4 is 4.90 Å². The zero-order chi connectivity index (χ0) is 12.8. The number of carbonyl (C=O) groups excluding carboxylic acids is 1. The number of halogens is 1. The van der Waals surface area contributed by atoms with Crippen LogP contribution in [0.1, 0.15) is 30.1 Å². The molecule has 0 amide bonds. The van der Waals surface area contributed by atoms with Gasteiger partial charge in [-0.2, -0.15) is 0 Å². The highest BCUT2D eigenvalue weighted by Gasteiger charge is 2.11. The zero-order valence-electron chi connectivity index (χ0n) is 10.4. The average molecular weight is 257 g/mol. The van der Waals surface area contributed by atoms with Gasteiger partial charge in [0.15, 0.2) is 0 Å². The van der Waals surface area contributed by atoms with Crippen molar-refractivity contribution in [3.63, 3.8) is 0 Å². The Morgan fingerprint density at radius 2 is 2.24 bits per heavy atom. The van der Waals surface area contributed by atoms with E-state index in [4.69, 9.17) is 11.6 Å². The van der Waals surface area contributed by atoms with E-state index in [-0.39, 0.29) is 0 Å². The summed E-state index contributed by atoms with van der Waals surface area (Å²) in [6.07, 6.45) is 2.17. The number of hydrogen-bond acceptors (Lipinski definition) is 4. The lowest BCUT2D eigenvalue weighted by atomic mass is 10.2. The van der Waals surface area contributed by atoms with Crippen LogP contribution in [0, 0.1) is 0 Å². The van der Waals surface area contributed by atoms with Crippen molar-refractivity contribution in [2.75, 3.05) is 25.6 Å². The fourth-order valence-corrected chi connectivity index (χ4v) is 1.63. The fourth-order valence-electron chi connectivity index (χ4n) is 1.42. The van der Waals surface area contributed by atoms with Crippen LogP contribution in [-0.4, -0.2) is 31.7 Å². The van der Waals surface area contributed by atoms with E-state index in [2.05, 4.69) is 16.6 Å². The fraction of sp³-hybridized carbons (Fsp3) is 0.500. The minimum Gasteiger partial charge on any atom is -0.465 e. The third kappa shape index (κ3) is 3.89. The number of nitrogens with zero attached hydrogens (tertiary/aromatic N) is 2. The molecule has 1 aromatic heterocycles. The van der Waals surface area contributed by atoms with Crippen LogP contribution in [0.3, 0.4) is 0 Å². The summed E-state index contributed by atoms with van der Waals surface area (Å²) < 4.78 is 4.66. The Hall–Kier alpha value is -1.29. The van der Waals surface area contributed by atoms with Crippen LogP contribution in [0.25, 0.3) is 0 Å². The maximum Gasteiger partial charge on any atom is 0.338 e. The second-order valence-corrected chi connectivity index (χ2v) is 4.19. The van der Waals surface area contributed by atoms with Gasteiger partial charge in [-0.3, -0.25) is 0 Å². The average Bonchev–Trinajstić information content (AvgIpc) is 2.34. The van der Waals surface area contributed by atoms with E-state index in [0.29, 0.717) is 16.5 Å². The van der Waals surface area contributed by atoms with Crippen molar-refractivity contribution in [3.8, 4) is 0 Å². The summed E-state index contributed by atoms with van der Waals surface area (Å²) in [4.78, 5) is 17.6. The Bertz CT molecular complexity index is 396. The zero-order valence-corrected chi connectivity index (χ0v) is 11.1. The van der Waals surface area contributed by atoms with Crippen molar-refractivity contribution in [2.45, 2.75) is 19.8 Å². The lowest BCUT2D eigenvalue weighted by Gasteiger charge is -2.18. The molecule has 1 rings (SSSR count). The molecule has 0 aliphatic carbocycles. The Morgan fingerprint density at radius 1 is 1.53 bits per heavy atom. The lowest BCUT2D eigenvalue weighted by molar-refractivity contribution is 0.0600.